The maximum atomic E-state index is 11.5. The van der Waals surface area contributed by atoms with Crippen LogP contribution < -0.4 is 11.5 Å². The van der Waals surface area contributed by atoms with Gasteiger partial charge in [-0.2, -0.15) is 5.10 Å². The van der Waals surface area contributed by atoms with Crippen molar-refractivity contribution in [3.05, 3.63) is 12.4 Å². The van der Waals surface area contributed by atoms with Crippen LogP contribution in [-0.2, 0) is 0 Å². The van der Waals surface area contributed by atoms with Crippen LogP contribution >= 0.6 is 0 Å². The normalized spacial score (nSPS) is 13.2. The lowest BCUT2D eigenvalue weighted by Gasteiger charge is -2.13. The minimum atomic E-state index is -0.528. The molecule has 72 valence electrons. The standard InChI is InChI=1S/C8H14N4O/c1-5(2)7(10)8(13)12-4-6(9)3-11-12/h3-5,7H,9-10H2,1-2H3/t7-/m0/s1. The smallest absolute Gasteiger partial charge is 0.264 e. The van der Waals surface area contributed by atoms with Gasteiger partial charge in [-0.1, -0.05) is 13.8 Å². The highest BCUT2D eigenvalue weighted by Crippen LogP contribution is 2.04. The molecule has 0 unspecified atom stereocenters. The summed E-state index contributed by atoms with van der Waals surface area (Å²) in [6, 6.07) is -0.528. The Bertz CT molecular complexity index is 305. The van der Waals surface area contributed by atoms with Crippen molar-refractivity contribution >= 4 is 11.6 Å². The third-order valence-corrected chi connectivity index (χ3v) is 1.83. The number of nitrogens with two attached hydrogens (primary N) is 2. The molecule has 1 atom stereocenters. The fraction of sp³-hybridized carbons (Fsp3) is 0.500. The van der Waals surface area contributed by atoms with E-state index in [1.54, 1.807) is 0 Å². The van der Waals surface area contributed by atoms with E-state index in [9.17, 15) is 4.79 Å². The molecule has 0 bridgehead atoms. The van der Waals surface area contributed by atoms with Gasteiger partial charge in [0.15, 0.2) is 0 Å². The van der Waals surface area contributed by atoms with Gasteiger partial charge in [-0.25, -0.2) is 4.68 Å². The molecule has 0 aliphatic heterocycles. The zero-order valence-corrected chi connectivity index (χ0v) is 7.77. The van der Waals surface area contributed by atoms with E-state index in [1.807, 2.05) is 13.8 Å². The molecule has 0 spiro atoms. The molecule has 13 heavy (non-hydrogen) atoms. The van der Waals surface area contributed by atoms with Crippen molar-refractivity contribution in [1.29, 1.82) is 0 Å². The van der Waals surface area contributed by atoms with Crippen LogP contribution in [0.3, 0.4) is 0 Å². The highest BCUT2D eigenvalue weighted by atomic mass is 16.2. The Morgan fingerprint density at radius 3 is 2.62 bits per heavy atom. The van der Waals surface area contributed by atoms with Gasteiger partial charge in [0.25, 0.3) is 5.91 Å². The Morgan fingerprint density at radius 2 is 2.23 bits per heavy atom. The summed E-state index contributed by atoms with van der Waals surface area (Å²) in [7, 11) is 0. The lowest BCUT2D eigenvalue weighted by molar-refractivity contribution is 0.0840. The average molecular weight is 182 g/mol. The summed E-state index contributed by atoms with van der Waals surface area (Å²) >= 11 is 0. The Hall–Kier alpha value is -1.36. The van der Waals surface area contributed by atoms with Gasteiger partial charge in [0.1, 0.15) is 0 Å². The summed E-state index contributed by atoms with van der Waals surface area (Å²) in [6.45, 7) is 3.77. The molecule has 0 aliphatic carbocycles. The monoisotopic (exact) mass is 182 g/mol. The highest BCUT2D eigenvalue weighted by Gasteiger charge is 2.19. The van der Waals surface area contributed by atoms with Crippen LogP contribution in [0.1, 0.15) is 18.6 Å². The fourth-order valence-corrected chi connectivity index (χ4v) is 0.895. The van der Waals surface area contributed by atoms with Crippen molar-refractivity contribution in [2.45, 2.75) is 19.9 Å². The largest absolute Gasteiger partial charge is 0.396 e. The van der Waals surface area contributed by atoms with Crippen LogP contribution in [0.25, 0.3) is 0 Å². The second-order valence-electron chi connectivity index (χ2n) is 3.33. The van der Waals surface area contributed by atoms with E-state index in [4.69, 9.17) is 11.5 Å². The average Bonchev–Trinajstić information content (AvgIpc) is 2.49. The third-order valence-electron chi connectivity index (χ3n) is 1.83. The number of hydrogen-bond donors (Lipinski definition) is 2. The van der Waals surface area contributed by atoms with Crippen molar-refractivity contribution in [3.63, 3.8) is 0 Å². The van der Waals surface area contributed by atoms with E-state index in [0.29, 0.717) is 5.69 Å². The molecule has 1 heterocycles. The Kier molecular flexibility index (Phi) is 2.67. The van der Waals surface area contributed by atoms with Crippen LogP contribution in [0.15, 0.2) is 12.4 Å². The number of anilines is 1. The van der Waals surface area contributed by atoms with Gasteiger partial charge >= 0.3 is 0 Å². The summed E-state index contributed by atoms with van der Waals surface area (Å²) < 4.78 is 1.18. The second kappa shape index (κ2) is 3.57. The lowest BCUT2D eigenvalue weighted by atomic mass is 10.1. The van der Waals surface area contributed by atoms with Gasteiger partial charge in [0.05, 0.1) is 24.1 Å². The molecule has 5 nitrogen and oxygen atoms in total. The van der Waals surface area contributed by atoms with E-state index < -0.39 is 6.04 Å². The first-order chi connectivity index (χ1) is 6.02. The lowest BCUT2D eigenvalue weighted by Crippen LogP contribution is -2.39. The summed E-state index contributed by atoms with van der Waals surface area (Å²) in [6.07, 6.45) is 2.88. The maximum absolute atomic E-state index is 11.5. The molecule has 0 saturated heterocycles. The van der Waals surface area contributed by atoms with Crippen molar-refractivity contribution in [2.24, 2.45) is 11.7 Å². The number of aromatic nitrogens is 2. The molecular formula is C8H14N4O. The van der Waals surface area contributed by atoms with Gasteiger partial charge < -0.3 is 11.5 Å². The summed E-state index contributed by atoms with van der Waals surface area (Å²) in [5.74, 6) is -0.135. The molecule has 1 aromatic rings. The van der Waals surface area contributed by atoms with E-state index in [-0.39, 0.29) is 11.8 Å². The number of hydrogen-bond acceptors (Lipinski definition) is 4. The molecule has 4 N–H and O–H groups in total. The first kappa shape index (κ1) is 9.73. The third kappa shape index (κ3) is 2.06. The molecule has 1 aromatic heterocycles. The van der Waals surface area contributed by atoms with Gasteiger partial charge in [0, 0.05) is 0 Å². The zero-order valence-electron chi connectivity index (χ0n) is 7.77. The van der Waals surface area contributed by atoms with E-state index in [1.165, 1.54) is 17.1 Å². The van der Waals surface area contributed by atoms with E-state index in [0.717, 1.165) is 0 Å². The number of carbonyl (C=O) groups excluding carboxylic acids is 1. The molecule has 0 radical (unpaired) electrons. The summed E-state index contributed by atoms with van der Waals surface area (Å²) in [4.78, 5) is 11.5. The molecule has 0 fully saturated rings. The van der Waals surface area contributed by atoms with Gasteiger partial charge in [-0.05, 0) is 5.92 Å². The summed E-state index contributed by atoms with van der Waals surface area (Å²) in [5.41, 5.74) is 11.5. The van der Waals surface area contributed by atoms with E-state index >= 15 is 0 Å². The molecule has 0 aliphatic rings. The Morgan fingerprint density at radius 1 is 1.62 bits per heavy atom. The zero-order chi connectivity index (χ0) is 10.0. The predicted octanol–water partition coefficient (Wildman–Crippen LogP) is 0.0888. The number of carbonyl (C=O) groups is 1. The quantitative estimate of drug-likeness (QED) is 0.678. The predicted molar refractivity (Wildman–Crippen MR) is 50.1 cm³/mol. The molecule has 1 rings (SSSR count). The highest BCUT2D eigenvalue weighted by molar-refractivity contribution is 5.83. The van der Waals surface area contributed by atoms with Crippen LogP contribution in [0.5, 0.6) is 0 Å². The van der Waals surface area contributed by atoms with Crippen molar-refractivity contribution < 1.29 is 4.79 Å². The second-order valence-corrected chi connectivity index (χ2v) is 3.33. The van der Waals surface area contributed by atoms with Crippen LogP contribution in [-0.4, -0.2) is 21.7 Å². The molecule has 5 heteroatoms. The van der Waals surface area contributed by atoms with E-state index in [2.05, 4.69) is 5.10 Å². The molecule has 0 saturated carbocycles. The first-order valence-corrected chi connectivity index (χ1v) is 4.12. The number of nitrogens with zero attached hydrogens (tertiary/aromatic N) is 2. The van der Waals surface area contributed by atoms with Crippen molar-refractivity contribution in [2.75, 3.05) is 5.73 Å². The molecule has 0 aromatic carbocycles. The molecule has 0 amide bonds. The fourth-order valence-electron chi connectivity index (χ4n) is 0.895. The minimum Gasteiger partial charge on any atom is -0.396 e. The van der Waals surface area contributed by atoms with Crippen molar-refractivity contribution in [3.8, 4) is 0 Å². The van der Waals surface area contributed by atoms with Gasteiger partial charge in [-0.3, -0.25) is 4.79 Å². The minimum absolute atomic E-state index is 0.0953. The maximum Gasteiger partial charge on any atom is 0.264 e. The number of rotatable bonds is 2. The van der Waals surface area contributed by atoms with Crippen LogP contribution in [0, 0.1) is 5.92 Å². The van der Waals surface area contributed by atoms with Crippen LogP contribution in [0.4, 0.5) is 5.69 Å². The summed E-state index contributed by atoms with van der Waals surface area (Å²) in [5, 5.41) is 3.78. The van der Waals surface area contributed by atoms with Gasteiger partial charge in [-0.15, -0.1) is 0 Å². The topological polar surface area (TPSA) is 86.9 Å². The Labute approximate surface area is 76.7 Å². The Balaban J connectivity index is 2.79. The van der Waals surface area contributed by atoms with Crippen LogP contribution in [0.2, 0.25) is 0 Å². The molecular weight excluding hydrogens is 168 g/mol. The SMILES string of the molecule is CC(C)[C@H](N)C(=O)n1cc(N)cn1. The first-order valence-electron chi connectivity index (χ1n) is 4.12. The van der Waals surface area contributed by atoms with Crippen molar-refractivity contribution in [1.82, 2.24) is 9.78 Å². The number of nitrogen functional groups attached to an aromatic ring is 1. The van der Waals surface area contributed by atoms with Gasteiger partial charge in [0.2, 0.25) is 0 Å².